The standard InChI is InChI=1S/C33H58O3SSi/c1-11-23-14-16-26-25-15-13-24-21-33(36-38(9,10)29(2,3)4,37-20-12-18-30(5,6)35)22-28(34)32(24,8)27(25)17-19-31(23,26)7/h13,15,23,26-28,34-35H,11-12,14,16-22H2,1-10H3/t23-,26-,27+,28-,31+,32-,33-/m0/s1. The zero-order valence-corrected chi connectivity index (χ0v) is 28.1. The molecule has 0 aliphatic heterocycles. The summed E-state index contributed by atoms with van der Waals surface area (Å²) in [5, 5.41) is 22.5. The van der Waals surface area contributed by atoms with Gasteiger partial charge in [-0.05, 0) is 99.4 Å². The van der Waals surface area contributed by atoms with Gasteiger partial charge in [0.15, 0.2) is 8.32 Å². The van der Waals surface area contributed by atoms with Crippen LogP contribution in [0.15, 0.2) is 23.3 Å². The van der Waals surface area contributed by atoms with Gasteiger partial charge in [0, 0.05) is 18.3 Å². The molecule has 0 radical (unpaired) electrons. The van der Waals surface area contributed by atoms with Crippen molar-refractivity contribution in [2.45, 2.75) is 148 Å². The van der Waals surface area contributed by atoms with Crippen LogP contribution in [0, 0.1) is 28.6 Å². The van der Waals surface area contributed by atoms with E-state index in [2.05, 4.69) is 66.8 Å². The molecule has 0 unspecified atom stereocenters. The van der Waals surface area contributed by atoms with Crippen molar-refractivity contribution in [3.63, 3.8) is 0 Å². The number of allylic oxidation sites excluding steroid dienone is 3. The summed E-state index contributed by atoms with van der Waals surface area (Å²) >= 11 is 1.91. The molecule has 218 valence electrons. The molecule has 3 nitrogen and oxygen atoms in total. The van der Waals surface area contributed by atoms with Crippen LogP contribution in [-0.2, 0) is 4.43 Å². The lowest BCUT2D eigenvalue weighted by molar-refractivity contribution is -0.0593. The maximum absolute atomic E-state index is 12.1. The van der Waals surface area contributed by atoms with Gasteiger partial charge in [-0.3, -0.25) is 0 Å². The maximum atomic E-state index is 12.1. The van der Waals surface area contributed by atoms with E-state index in [4.69, 9.17) is 4.43 Å². The molecule has 2 N–H and O–H groups in total. The first-order chi connectivity index (χ1) is 17.4. The van der Waals surface area contributed by atoms with Gasteiger partial charge in [-0.2, -0.15) is 0 Å². The van der Waals surface area contributed by atoms with Gasteiger partial charge in [-0.25, -0.2) is 0 Å². The summed E-state index contributed by atoms with van der Waals surface area (Å²) in [4.78, 5) is -0.400. The Balaban J connectivity index is 1.66. The minimum atomic E-state index is -2.07. The number of thioether (sulfide) groups is 1. The van der Waals surface area contributed by atoms with E-state index < -0.39 is 25.0 Å². The van der Waals surface area contributed by atoms with Gasteiger partial charge in [0.25, 0.3) is 0 Å². The summed E-state index contributed by atoms with van der Waals surface area (Å²) < 4.78 is 7.30. The average molecular weight is 563 g/mol. The molecule has 4 aliphatic rings. The van der Waals surface area contributed by atoms with E-state index in [1.807, 2.05) is 25.6 Å². The highest BCUT2D eigenvalue weighted by atomic mass is 32.2. The van der Waals surface area contributed by atoms with E-state index in [1.54, 1.807) is 5.57 Å². The number of hydrogen-bond donors (Lipinski definition) is 2. The van der Waals surface area contributed by atoms with Gasteiger partial charge in [0.05, 0.1) is 11.7 Å². The predicted octanol–water partition coefficient (Wildman–Crippen LogP) is 8.87. The van der Waals surface area contributed by atoms with Gasteiger partial charge in [-0.15, -0.1) is 11.8 Å². The summed E-state index contributed by atoms with van der Waals surface area (Å²) in [6.45, 7) is 22.8. The largest absolute Gasteiger partial charge is 0.402 e. The second-order valence-electron chi connectivity index (χ2n) is 15.9. The second-order valence-corrected chi connectivity index (χ2v) is 22.1. The second kappa shape index (κ2) is 10.3. The van der Waals surface area contributed by atoms with Crippen LogP contribution in [0.4, 0.5) is 0 Å². The average Bonchev–Trinajstić information content (AvgIpc) is 3.13. The van der Waals surface area contributed by atoms with E-state index in [0.29, 0.717) is 23.7 Å². The Morgan fingerprint density at radius 3 is 2.34 bits per heavy atom. The minimum Gasteiger partial charge on any atom is -0.402 e. The third-order valence-corrected chi connectivity index (χ3v) is 18.0. The van der Waals surface area contributed by atoms with Crippen molar-refractivity contribution in [3.05, 3.63) is 23.3 Å². The maximum Gasteiger partial charge on any atom is 0.193 e. The first-order valence-corrected chi connectivity index (χ1v) is 19.4. The molecule has 0 aromatic heterocycles. The first kappa shape index (κ1) is 30.9. The minimum absolute atomic E-state index is 0.111. The summed E-state index contributed by atoms with van der Waals surface area (Å²) in [6.07, 6.45) is 14.3. The van der Waals surface area contributed by atoms with E-state index in [-0.39, 0.29) is 10.5 Å². The van der Waals surface area contributed by atoms with Crippen LogP contribution in [0.1, 0.15) is 113 Å². The van der Waals surface area contributed by atoms with Crippen molar-refractivity contribution in [2.75, 3.05) is 5.75 Å². The number of aliphatic hydroxyl groups excluding tert-OH is 1. The Bertz CT molecular complexity index is 943. The SMILES string of the molecule is CC[C@H]1CC[C@H]2C3=CC=C4C[C@](O[Si](C)(C)C(C)(C)C)(SCCCC(C)(C)O)C[C@H](O)[C@]4(C)[C@@H]3CC[C@]12C. The highest BCUT2D eigenvalue weighted by Gasteiger charge is 2.61. The van der Waals surface area contributed by atoms with E-state index >= 15 is 0 Å². The van der Waals surface area contributed by atoms with Crippen LogP contribution in [0.25, 0.3) is 0 Å². The molecule has 38 heavy (non-hydrogen) atoms. The molecule has 0 bridgehead atoms. The molecule has 5 heteroatoms. The molecule has 0 aromatic rings. The summed E-state index contributed by atoms with van der Waals surface area (Å²) in [6, 6.07) is 0. The molecule has 7 atom stereocenters. The lowest BCUT2D eigenvalue weighted by Gasteiger charge is -2.59. The Hall–Kier alpha value is -0.0731. The van der Waals surface area contributed by atoms with Gasteiger partial charge < -0.3 is 14.6 Å². The fraction of sp³-hybridized carbons (Fsp3) is 0.879. The molecule has 4 aliphatic carbocycles. The Labute approximate surface area is 239 Å². The third-order valence-electron chi connectivity index (χ3n) is 11.9. The molecule has 3 saturated carbocycles. The summed E-state index contributed by atoms with van der Waals surface area (Å²) in [5.74, 6) is 2.92. The summed E-state index contributed by atoms with van der Waals surface area (Å²) in [5.41, 5.74) is 2.66. The molecule has 0 saturated heterocycles. The zero-order chi connectivity index (χ0) is 28.4. The molecule has 3 fully saturated rings. The predicted molar refractivity (Wildman–Crippen MR) is 166 cm³/mol. The van der Waals surface area contributed by atoms with Crippen molar-refractivity contribution >= 4 is 20.1 Å². The fourth-order valence-corrected chi connectivity index (χ4v) is 11.9. The number of fused-ring (bicyclic) bond motifs is 5. The van der Waals surface area contributed by atoms with Gasteiger partial charge in [0.2, 0.25) is 0 Å². The highest BCUT2D eigenvalue weighted by Crippen LogP contribution is 2.67. The number of rotatable bonds is 8. The smallest absolute Gasteiger partial charge is 0.193 e. The monoisotopic (exact) mass is 562 g/mol. The summed E-state index contributed by atoms with van der Waals surface area (Å²) in [7, 11) is -2.07. The number of aliphatic hydroxyl groups is 2. The van der Waals surface area contributed by atoms with Crippen molar-refractivity contribution in [1.29, 1.82) is 0 Å². The van der Waals surface area contributed by atoms with Gasteiger partial charge in [-0.1, -0.05) is 71.3 Å². The van der Waals surface area contributed by atoms with Gasteiger partial charge >= 0.3 is 0 Å². The van der Waals surface area contributed by atoms with Crippen LogP contribution in [0.5, 0.6) is 0 Å². The van der Waals surface area contributed by atoms with Crippen molar-refractivity contribution in [3.8, 4) is 0 Å². The van der Waals surface area contributed by atoms with Crippen molar-refractivity contribution in [1.82, 2.24) is 0 Å². The topological polar surface area (TPSA) is 49.7 Å². The fourth-order valence-electron chi connectivity index (χ4n) is 8.41. The van der Waals surface area contributed by atoms with Crippen LogP contribution < -0.4 is 0 Å². The molecule has 0 heterocycles. The molecule has 0 amide bonds. The van der Waals surface area contributed by atoms with E-state index in [0.717, 1.165) is 30.9 Å². The molecule has 4 rings (SSSR count). The first-order valence-electron chi connectivity index (χ1n) is 15.5. The molecular formula is C33H58O3SSi. The number of hydrogen-bond acceptors (Lipinski definition) is 4. The zero-order valence-electron chi connectivity index (χ0n) is 26.2. The van der Waals surface area contributed by atoms with Crippen LogP contribution in [-0.4, -0.2) is 40.9 Å². The lowest BCUT2D eigenvalue weighted by atomic mass is 9.49. The lowest BCUT2D eigenvalue weighted by Crippen LogP contribution is -2.58. The molecule has 0 aromatic carbocycles. The third kappa shape index (κ3) is 5.42. The van der Waals surface area contributed by atoms with E-state index in [1.165, 1.54) is 37.7 Å². The van der Waals surface area contributed by atoms with Crippen LogP contribution in [0.2, 0.25) is 18.1 Å². The quantitative estimate of drug-likeness (QED) is 0.176. The van der Waals surface area contributed by atoms with Crippen LogP contribution in [0.3, 0.4) is 0 Å². The Morgan fingerprint density at radius 2 is 1.74 bits per heavy atom. The van der Waals surface area contributed by atoms with Crippen molar-refractivity contribution in [2.24, 2.45) is 28.6 Å². The Morgan fingerprint density at radius 1 is 1.05 bits per heavy atom. The van der Waals surface area contributed by atoms with Gasteiger partial charge in [0.1, 0.15) is 4.93 Å². The van der Waals surface area contributed by atoms with Crippen molar-refractivity contribution < 1.29 is 14.6 Å². The molecular weight excluding hydrogens is 505 g/mol. The normalized spacial score (nSPS) is 39.7. The highest BCUT2D eigenvalue weighted by molar-refractivity contribution is 8.00. The van der Waals surface area contributed by atoms with E-state index in [9.17, 15) is 10.2 Å². The molecule has 0 spiro atoms. The van der Waals surface area contributed by atoms with Crippen LogP contribution >= 0.6 is 11.8 Å². The Kier molecular flexibility index (Phi) is 8.39.